The van der Waals surface area contributed by atoms with E-state index in [0.29, 0.717) is 6.04 Å². The number of rotatable bonds is 7. The van der Waals surface area contributed by atoms with Crippen LogP contribution in [0.2, 0.25) is 0 Å². The van der Waals surface area contributed by atoms with Crippen molar-refractivity contribution >= 4 is 11.6 Å². The number of amides is 1. The summed E-state index contributed by atoms with van der Waals surface area (Å²) in [7, 11) is 0. The summed E-state index contributed by atoms with van der Waals surface area (Å²) in [5.41, 5.74) is 2.73. The summed E-state index contributed by atoms with van der Waals surface area (Å²) in [6.07, 6.45) is 3.97. The smallest absolute Gasteiger partial charge is 0.246 e. The van der Waals surface area contributed by atoms with Crippen LogP contribution in [0, 0.1) is 6.92 Å². The first-order valence-corrected chi connectivity index (χ1v) is 9.71. The van der Waals surface area contributed by atoms with Gasteiger partial charge < -0.3 is 15.0 Å². The lowest BCUT2D eigenvalue weighted by molar-refractivity contribution is -0.116. The highest BCUT2D eigenvalue weighted by molar-refractivity contribution is 5.90. The van der Waals surface area contributed by atoms with Crippen molar-refractivity contribution in [2.24, 2.45) is 0 Å². The Bertz CT molecular complexity index is 739. The summed E-state index contributed by atoms with van der Waals surface area (Å²) >= 11 is 0. The van der Waals surface area contributed by atoms with Crippen LogP contribution in [0.15, 0.2) is 30.5 Å². The Kier molecular flexibility index (Phi) is 6.58. The van der Waals surface area contributed by atoms with Gasteiger partial charge in [-0.05, 0) is 50.6 Å². The number of ether oxygens (including phenoxy) is 1. The van der Waals surface area contributed by atoms with Crippen LogP contribution in [0.3, 0.4) is 0 Å². The zero-order valence-electron chi connectivity index (χ0n) is 16.4. The maximum atomic E-state index is 12.1. The standard InChI is InChI=1S/C20H29N5O2/c1-4-24(5-2)18-10-11-27-19(12-18)16-6-8-17(9-7-16)21-20(26)14-25-13-15(3)22-23-25/h6-9,13,18-19H,4-5,10-12,14H2,1-3H3,(H,21,26)/t18-,19+/m1/s1. The number of aromatic nitrogens is 3. The van der Waals surface area contributed by atoms with Gasteiger partial charge in [-0.25, -0.2) is 4.68 Å². The van der Waals surface area contributed by atoms with Gasteiger partial charge in [-0.1, -0.05) is 31.2 Å². The molecule has 146 valence electrons. The van der Waals surface area contributed by atoms with E-state index in [2.05, 4.69) is 34.4 Å². The van der Waals surface area contributed by atoms with E-state index in [0.717, 1.165) is 49.5 Å². The van der Waals surface area contributed by atoms with E-state index in [-0.39, 0.29) is 18.6 Å². The number of anilines is 1. The Morgan fingerprint density at radius 2 is 2.04 bits per heavy atom. The normalized spacial score (nSPS) is 20.0. The van der Waals surface area contributed by atoms with E-state index in [1.165, 1.54) is 4.68 Å². The fourth-order valence-corrected chi connectivity index (χ4v) is 3.68. The van der Waals surface area contributed by atoms with Crippen molar-refractivity contribution in [3.8, 4) is 0 Å². The Hall–Kier alpha value is -2.25. The van der Waals surface area contributed by atoms with Gasteiger partial charge in [0.15, 0.2) is 0 Å². The maximum absolute atomic E-state index is 12.1. The molecule has 0 aliphatic carbocycles. The molecule has 0 bridgehead atoms. The van der Waals surface area contributed by atoms with Crippen LogP contribution in [0.5, 0.6) is 0 Å². The number of hydrogen-bond acceptors (Lipinski definition) is 5. The van der Waals surface area contributed by atoms with Crippen molar-refractivity contribution in [2.45, 2.75) is 52.3 Å². The minimum absolute atomic E-state index is 0.118. The molecular formula is C20H29N5O2. The third kappa shape index (κ3) is 5.14. The van der Waals surface area contributed by atoms with Gasteiger partial charge in [0.2, 0.25) is 5.91 Å². The molecular weight excluding hydrogens is 342 g/mol. The molecule has 1 amide bonds. The Morgan fingerprint density at radius 3 is 2.67 bits per heavy atom. The second kappa shape index (κ2) is 9.10. The minimum Gasteiger partial charge on any atom is -0.373 e. The molecule has 1 saturated heterocycles. The second-order valence-electron chi connectivity index (χ2n) is 6.99. The third-order valence-corrected chi connectivity index (χ3v) is 5.11. The predicted molar refractivity (Wildman–Crippen MR) is 104 cm³/mol. The highest BCUT2D eigenvalue weighted by atomic mass is 16.5. The van der Waals surface area contributed by atoms with E-state index < -0.39 is 0 Å². The minimum atomic E-state index is -0.122. The van der Waals surface area contributed by atoms with Gasteiger partial charge in [0, 0.05) is 24.5 Å². The maximum Gasteiger partial charge on any atom is 0.246 e. The highest BCUT2D eigenvalue weighted by Crippen LogP contribution is 2.31. The molecule has 1 fully saturated rings. The quantitative estimate of drug-likeness (QED) is 0.810. The molecule has 0 radical (unpaired) electrons. The van der Waals surface area contributed by atoms with Gasteiger partial charge in [-0.15, -0.1) is 5.10 Å². The van der Waals surface area contributed by atoms with Crippen LogP contribution in [-0.2, 0) is 16.1 Å². The molecule has 27 heavy (non-hydrogen) atoms. The fourth-order valence-electron chi connectivity index (χ4n) is 3.68. The number of nitrogens with one attached hydrogen (secondary N) is 1. The zero-order chi connectivity index (χ0) is 19.2. The number of carbonyl (C=O) groups is 1. The molecule has 0 saturated carbocycles. The lowest BCUT2D eigenvalue weighted by Crippen LogP contribution is -2.40. The molecule has 7 heteroatoms. The first kappa shape index (κ1) is 19.5. The molecule has 0 spiro atoms. The van der Waals surface area contributed by atoms with E-state index >= 15 is 0 Å². The van der Waals surface area contributed by atoms with Crippen molar-refractivity contribution in [1.29, 1.82) is 0 Å². The van der Waals surface area contributed by atoms with Gasteiger partial charge in [0.25, 0.3) is 0 Å². The molecule has 2 aromatic rings. The topological polar surface area (TPSA) is 72.3 Å². The van der Waals surface area contributed by atoms with Crippen LogP contribution in [0.1, 0.15) is 44.1 Å². The van der Waals surface area contributed by atoms with E-state index in [4.69, 9.17) is 4.74 Å². The molecule has 7 nitrogen and oxygen atoms in total. The van der Waals surface area contributed by atoms with Crippen molar-refractivity contribution in [3.05, 3.63) is 41.7 Å². The number of hydrogen-bond donors (Lipinski definition) is 1. The van der Waals surface area contributed by atoms with E-state index in [9.17, 15) is 4.79 Å². The molecule has 1 aromatic carbocycles. The molecule has 1 aliphatic rings. The van der Waals surface area contributed by atoms with Crippen molar-refractivity contribution in [2.75, 3.05) is 25.0 Å². The average molecular weight is 371 g/mol. The number of benzene rings is 1. The van der Waals surface area contributed by atoms with E-state index in [1.54, 1.807) is 6.20 Å². The van der Waals surface area contributed by atoms with Crippen LogP contribution in [0.25, 0.3) is 0 Å². The summed E-state index contributed by atoms with van der Waals surface area (Å²) in [5.74, 6) is -0.122. The lowest BCUT2D eigenvalue weighted by atomic mass is 9.96. The number of carbonyl (C=O) groups excluding carboxylic acids is 1. The van der Waals surface area contributed by atoms with Crippen molar-refractivity contribution < 1.29 is 9.53 Å². The van der Waals surface area contributed by atoms with E-state index in [1.807, 2.05) is 31.2 Å². The summed E-state index contributed by atoms with van der Waals surface area (Å²) in [5, 5.41) is 10.7. The molecule has 2 atom stereocenters. The Labute approximate surface area is 160 Å². The van der Waals surface area contributed by atoms with Crippen molar-refractivity contribution in [1.82, 2.24) is 19.9 Å². The molecule has 0 unspecified atom stereocenters. The highest BCUT2D eigenvalue weighted by Gasteiger charge is 2.26. The molecule has 3 rings (SSSR count). The summed E-state index contributed by atoms with van der Waals surface area (Å²) in [4.78, 5) is 14.6. The van der Waals surface area contributed by atoms with Crippen LogP contribution < -0.4 is 5.32 Å². The summed E-state index contributed by atoms with van der Waals surface area (Å²) < 4.78 is 7.53. The monoisotopic (exact) mass is 371 g/mol. The predicted octanol–water partition coefficient (Wildman–Crippen LogP) is 2.79. The first-order valence-electron chi connectivity index (χ1n) is 9.71. The van der Waals surface area contributed by atoms with Gasteiger partial charge in [0.1, 0.15) is 6.54 Å². The molecule has 2 heterocycles. The molecule has 1 N–H and O–H groups in total. The molecule has 1 aromatic heterocycles. The lowest BCUT2D eigenvalue weighted by Gasteiger charge is -2.36. The summed E-state index contributed by atoms with van der Waals surface area (Å²) in [6.45, 7) is 9.37. The molecule has 1 aliphatic heterocycles. The Morgan fingerprint density at radius 1 is 1.30 bits per heavy atom. The largest absolute Gasteiger partial charge is 0.373 e. The number of aryl methyl sites for hydroxylation is 1. The van der Waals surface area contributed by atoms with Gasteiger partial charge >= 0.3 is 0 Å². The zero-order valence-corrected chi connectivity index (χ0v) is 16.4. The van der Waals surface area contributed by atoms with Crippen LogP contribution in [-0.4, -0.2) is 51.5 Å². The van der Waals surface area contributed by atoms with Gasteiger partial charge in [-0.2, -0.15) is 0 Å². The van der Waals surface area contributed by atoms with Crippen LogP contribution >= 0.6 is 0 Å². The SMILES string of the molecule is CCN(CC)[C@@H]1CCO[C@H](c2ccc(NC(=O)Cn3cc(C)nn3)cc2)C1. The first-order chi connectivity index (χ1) is 13.1. The van der Waals surface area contributed by atoms with Crippen LogP contribution in [0.4, 0.5) is 5.69 Å². The van der Waals surface area contributed by atoms with Crippen molar-refractivity contribution in [3.63, 3.8) is 0 Å². The van der Waals surface area contributed by atoms with Gasteiger partial charge in [0.05, 0.1) is 11.8 Å². The summed E-state index contributed by atoms with van der Waals surface area (Å²) in [6, 6.07) is 8.54. The number of nitrogens with zero attached hydrogens (tertiary/aromatic N) is 4. The second-order valence-corrected chi connectivity index (χ2v) is 6.99. The Balaban J connectivity index is 1.57. The fraction of sp³-hybridized carbons (Fsp3) is 0.550. The third-order valence-electron chi connectivity index (χ3n) is 5.11. The van der Waals surface area contributed by atoms with Gasteiger partial charge in [-0.3, -0.25) is 4.79 Å². The average Bonchev–Trinajstić information content (AvgIpc) is 3.08.